The molecule has 1 amide bonds. The number of carbonyl (C=O) groups excluding carboxylic acids is 1. The molecule has 1 aromatic heterocycles. The Morgan fingerprint density at radius 2 is 2.12 bits per heavy atom. The molecule has 1 saturated heterocycles. The minimum Gasteiger partial charge on any atom is -0.330 e. The van der Waals surface area contributed by atoms with Crippen molar-refractivity contribution in [1.82, 2.24) is 9.88 Å². The molecule has 24 heavy (non-hydrogen) atoms. The Labute approximate surface area is 139 Å². The number of sulfone groups is 1. The number of nitrogens with one attached hydrogen (secondary N) is 1. The number of fused-ring (bicyclic) bond motifs is 1. The highest BCUT2D eigenvalue weighted by atomic mass is 32.2. The Hall–Kier alpha value is -2.41. The largest absolute Gasteiger partial charge is 0.330 e. The van der Waals surface area contributed by atoms with E-state index in [4.69, 9.17) is 0 Å². The van der Waals surface area contributed by atoms with E-state index in [2.05, 4.69) is 11.6 Å². The fourth-order valence-electron chi connectivity index (χ4n) is 3.04. The van der Waals surface area contributed by atoms with Crippen molar-refractivity contribution in [2.45, 2.75) is 12.5 Å². The summed E-state index contributed by atoms with van der Waals surface area (Å²) in [4.78, 5) is 29.1. The van der Waals surface area contributed by atoms with Crippen molar-refractivity contribution in [3.05, 3.63) is 59.0 Å². The van der Waals surface area contributed by atoms with Crippen LogP contribution in [0.3, 0.4) is 0 Å². The quantitative estimate of drug-likeness (QED) is 0.847. The van der Waals surface area contributed by atoms with E-state index >= 15 is 0 Å². The number of hydrogen-bond acceptors (Lipinski definition) is 4. The van der Waals surface area contributed by atoms with Gasteiger partial charge in [0, 0.05) is 18.0 Å². The van der Waals surface area contributed by atoms with Crippen LogP contribution in [0.5, 0.6) is 0 Å². The monoisotopic (exact) mass is 346 g/mol. The molecule has 0 saturated carbocycles. The lowest BCUT2D eigenvalue weighted by atomic mass is 10.1. The molecule has 0 aliphatic carbocycles. The number of aromatic nitrogens is 1. The predicted octanol–water partition coefficient (Wildman–Crippen LogP) is 1.34. The lowest BCUT2D eigenvalue weighted by Crippen LogP contribution is -2.42. The van der Waals surface area contributed by atoms with Gasteiger partial charge in [-0.05, 0) is 23.9 Å². The van der Waals surface area contributed by atoms with E-state index in [-0.39, 0.29) is 35.2 Å². The van der Waals surface area contributed by atoms with Crippen LogP contribution >= 0.6 is 0 Å². The topological polar surface area (TPSA) is 87.3 Å². The smallest absolute Gasteiger partial charge is 0.270 e. The van der Waals surface area contributed by atoms with Gasteiger partial charge in [0.15, 0.2) is 9.84 Å². The average molecular weight is 346 g/mol. The van der Waals surface area contributed by atoms with Gasteiger partial charge in [-0.25, -0.2) is 8.42 Å². The summed E-state index contributed by atoms with van der Waals surface area (Å²) in [5.41, 5.74) is -0.182. The van der Waals surface area contributed by atoms with Crippen LogP contribution in [0.25, 0.3) is 10.8 Å². The van der Waals surface area contributed by atoms with Gasteiger partial charge in [0.2, 0.25) is 0 Å². The first-order chi connectivity index (χ1) is 11.4. The van der Waals surface area contributed by atoms with E-state index in [9.17, 15) is 18.0 Å². The molecule has 1 aliphatic heterocycles. The number of pyridine rings is 1. The Morgan fingerprint density at radius 1 is 1.38 bits per heavy atom. The molecule has 1 unspecified atom stereocenters. The number of aromatic amines is 1. The van der Waals surface area contributed by atoms with Crippen LogP contribution in [0.15, 0.2) is 47.8 Å². The summed E-state index contributed by atoms with van der Waals surface area (Å²) in [6.07, 6.45) is 1.96. The molecule has 2 heterocycles. The Balaban J connectivity index is 1.99. The molecule has 1 aliphatic rings. The third-order valence-corrected chi connectivity index (χ3v) is 5.97. The lowest BCUT2D eigenvalue weighted by molar-refractivity contribution is 0.0714. The van der Waals surface area contributed by atoms with Gasteiger partial charge < -0.3 is 9.88 Å². The summed E-state index contributed by atoms with van der Waals surface area (Å²) in [5, 5.41) is 1.18. The van der Waals surface area contributed by atoms with Gasteiger partial charge in [0.1, 0.15) is 5.69 Å². The number of amides is 1. The van der Waals surface area contributed by atoms with E-state index in [0.717, 1.165) is 0 Å². The third kappa shape index (κ3) is 3.12. The van der Waals surface area contributed by atoms with E-state index in [1.807, 2.05) is 0 Å². The first kappa shape index (κ1) is 16.4. The fourth-order valence-corrected chi connectivity index (χ4v) is 4.77. The summed E-state index contributed by atoms with van der Waals surface area (Å²) in [6, 6.07) is 8.23. The second-order valence-corrected chi connectivity index (χ2v) is 8.13. The normalized spacial score (nSPS) is 19.2. The molecule has 7 heteroatoms. The molecule has 3 rings (SSSR count). The number of hydrogen-bond donors (Lipinski definition) is 1. The molecular weight excluding hydrogens is 328 g/mol. The van der Waals surface area contributed by atoms with Gasteiger partial charge in [0.05, 0.1) is 11.5 Å². The number of carbonyl (C=O) groups is 1. The van der Waals surface area contributed by atoms with E-state index in [1.54, 1.807) is 36.4 Å². The van der Waals surface area contributed by atoms with E-state index in [0.29, 0.717) is 17.2 Å². The SMILES string of the molecule is C=CCN(C(=O)c1cc2ccccc2c(=O)[nH]1)C1CCS(=O)(=O)C1. The number of nitrogens with zero attached hydrogens (tertiary/aromatic N) is 1. The number of rotatable bonds is 4. The van der Waals surface area contributed by atoms with Crippen molar-refractivity contribution in [3.8, 4) is 0 Å². The van der Waals surface area contributed by atoms with Crippen LogP contribution in [-0.2, 0) is 9.84 Å². The van der Waals surface area contributed by atoms with Gasteiger partial charge in [-0.15, -0.1) is 6.58 Å². The molecule has 6 nitrogen and oxygen atoms in total. The highest BCUT2D eigenvalue weighted by molar-refractivity contribution is 7.91. The Morgan fingerprint density at radius 3 is 2.79 bits per heavy atom. The van der Waals surface area contributed by atoms with Gasteiger partial charge in [0.25, 0.3) is 11.5 Å². The van der Waals surface area contributed by atoms with Gasteiger partial charge in [-0.3, -0.25) is 9.59 Å². The molecule has 126 valence electrons. The summed E-state index contributed by atoms with van der Waals surface area (Å²) in [6.45, 7) is 3.87. The van der Waals surface area contributed by atoms with Crippen LogP contribution in [0.4, 0.5) is 0 Å². The molecule has 2 aromatic rings. The minimum atomic E-state index is -3.12. The van der Waals surface area contributed by atoms with Crippen molar-refractivity contribution in [3.63, 3.8) is 0 Å². The van der Waals surface area contributed by atoms with E-state index in [1.165, 1.54) is 4.90 Å². The maximum atomic E-state index is 12.8. The molecule has 0 spiro atoms. The van der Waals surface area contributed by atoms with Crippen LogP contribution < -0.4 is 5.56 Å². The van der Waals surface area contributed by atoms with Crippen molar-refractivity contribution in [1.29, 1.82) is 0 Å². The standard InChI is InChI=1S/C17H18N2O4S/c1-2-8-19(13-7-9-24(22,23)11-13)17(21)15-10-12-5-3-4-6-14(12)16(20)18-15/h2-6,10,13H,1,7-9,11H2,(H,18,20). The van der Waals surface area contributed by atoms with Gasteiger partial charge in [-0.1, -0.05) is 24.3 Å². The summed E-state index contributed by atoms with van der Waals surface area (Å²) < 4.78 is 23.4. The molecule has 1 aromatic carbocycles. The van der Waals surface area contributed by atoms with Crippen LogP contribution in [-0.4, -0.2) is 48.3 Å². The van der Waals surface area contributed by atoms with Crippen molar-refractivity contribution < 1.29 is 13.2 Å². The Bertz CT molecular complexity index is 962. The second-order valence-electron chi connectivity index (χ2n) is 5.90. The van der Waals surface area contributed by atoms with Crippen molar-refractivity contribution >= 4 is 26.5 Å². The predicted molar refractivity (Wildman–Crippen MR) is 92.9 cm³/mol. The second kappa shape index (κ2) is 6.24. The molecule has 0 radical (unpaired) electrons. The Kier molecular flexibility index (Phi) is 4.28. The zero-order chi connectivity index (χ0) is 17.3. The highest BCUT2D eigenvalue weighted by Crippen LogP contribution is 2.20. The average Bonchev–Trinajstić information content (AvgIpc) is 2.91. The number of benzene rings is 1. The zero-order valence-electron chi connectivity index (χ0n) is 13.1. The molecular formula is C17H18N2O4S. The number of H-pyrrole nitrogens is 1. The van der Waals surface area contributed by atoms with Crippen molar-refractivity contribution in [2.75, 3.05) is 18.1 Å². The zero-order valence-corrected chi connectivity index (χ0v) is 13.9. The molecule has 1 N–H and O–H groups in total. The first-order valence-electron chi connectivity index (χ1n) is 7.65. The first-order valence-corrected chi connectivity index (χ1v) is 9.48. The summed E-state index contributed by atoms with van der Waals surface area (Å²) in [7, 11) is -3.12. The molecule has 0 bridgehead atoms. The highest BCUT2D eigenvalue weighted by Gasteiger charge is 2.34. The summed E-state index contributed by atoms with van der Waals surface area (Å²) >= 11 is 0. The fraction of sp³-hybridized carbons (Fsp3) is 0.294. The molecule has 1 fully saturated rings. The molecule has 1 atom stereocenters. The van der Waals surface area contributed by atoms with Gasteiger partial charge in [-0.2, -0.15) is 0 Å². The summed E-state index contributed by atoms with van der Waals surface area (Å²) in [5.74, 6) is -0.364. The van der Waals surface area contributed by atoms with Crippen LogP contribution in [0.1, 0.15) is 16.9 Å². The van der Waals surface area contributed by atoms with Crippen LogP contribution in [0, 0.1) is 0 Å². The van der Waals surface area contributed by atoms with E-state index < -0.39 is 15.9 Å². The maximum Gasteiger partial charge on any atom is 0.270 e. The van der Waals surface area contributed by atoms with Gasteiger partial charge >= 0.3 is 0 Å². The third-order valence-electron chi connectivity index (χ3n) is 4.22. The van der Waals surface area contributed by atoms with Crippen molar-refractivity contribution in [2.24, 2.45) is 0 Å². The maximum absolute atomic E-state index is 12.8. The van der Waals surface area contributed by atoms with Crippen LogP contribution in [0.2, 0.25) is 0 Å². The minimum absolute atomic E-state index is 0.0512. The lowest BCUT2D eigenvalue weighted by Gasteiger charge is -2.27.